The average molecular weight is 530 g/mol. The lowest BCUT2D eigenvalue weighted by Crippen LogP contribution is -2.40. The molecule has 0 unspecified atom stereocenters. The topological polar surface area (TPSA) is 65.3 Å². The zero-order valence-electron chi connectivity index (χ0n) is 22.9. The molecule has 0 N–H and O–H groups in total. The summed E-state index contributed by atoms with van der Waals surface area (Å²) in [6.07, 6.45) is 0.878. The second-order valence-corrected chi connectivity index (χ2v) is 10.4. The first kappa shape index (κ1) is 24.5. The van der Waals surface area contributed by atoms with Crippen LogP contribution in [0.5, 0.6) is 11.5 Å². The number of hydrogen-bond donors (Lipinski definition) is 0. The summed E-state index contributed by atoms with van der Waals surface area (Å²) in [5, 5.41) is 13.5. The van der Waals surface area contributed by atoms with Crippen LogP contribution in [0, 0.1) is 0 Å². The highest BCUT2D eigenvalue weighted by atomic mass is 16.5. The molecule has 200 valence electrons. The summed E-state index contributed by atoms with van der Waals surface area (Å²) in [6.45, 7) is 2.99. The molecule has 5 aromatic rings. The summed E-state index contributed by atoms with van der Waals surface area (Å²) < 4.78 is 13.4. The van der Waals surface area contributed by atoms with Crippen LogP contribution in [0.25, 0.3) is 11.1 Å². The maximum Gasteiger partial charge on any atom is 0.173 e. The molecule has 1 aliphatic heterocycles. The first-order chi connectivity index (χ1) is 19.7. The normalized spacial score (nSPS) is 17.1. The summed E-state index contributed by atoms with van der Waals surface area (Å²) in [6, 6.07) is 32.0. The van der Waals surface area contributed by atoms with Crippen LogP contribution in [0.2, 0.25) is 0 Å². The number of fused-ring (bicyclic) bond motifs is 4. The van der Waals surface area contributed by atoms with Crippen LogP contribution in [0.15, 0.2) is 91.0 Å². The van der Waals surface area contributed by atoms with Gasteiger partial charge in [-0.05, 0) is 74.8 Å². The van der Waals surface area contributed by atoms with Crippen molar-refractivity contribution in [3.8, 4) is 22.6 Å². The van der Waals surface area contributed by atoms with Crippen LogP contribution in [0.4, 0.5) is 0 Å². The number of methoxy groups -OCH3 is 2. The highest BCUT2D eigenvalue weighted by molar-refractivity contribution is 5.78. The van der Waals surface area contributed by atoms with Crippen molar-refractivity contribution in [2.24, 2.45) is 0 Å². The second-order valence-electron chi connectivity index (χ2n) is 10.4. The Kier molecular flexibility index (Phi) is 6.09. The molecule has 7 rings (SSSR count). The molecule has 0 bridgehead atoms. The number of aromatic nitrogens is 4. The Morgan fingerprint density at radius 1 is 0.750 bits per heavy atom. The first-order valence-electron chi connectivity index (χ1n) is 13.7. The highest BCUT2D eigenvalue weighted by Gasteiger charge is 2.42. The van der Waals surface area contributed by atoms with E-state index in [0.29, 0.717) is 5.75 Å². The van der Waals surface area contributed by atoms with Gasteiger partial charge in [-0.25, -0.2) is 4.68 Å². The van der Waals surface area contributed by atoms with Gasteiger partial charge in [-0.2, -0.15) is 0 Å². The molecule has 0 radical (unpaired) electrons. The maximum atomic E-state index is 5.79. The average Bonchev–Trinajstić information content (AvgIpc) is 3.63. The third-order valence-corrected chi connectivity index (χ3v) is 8.46. The zero-order chi connectivity index (χ0) is 27.2. The molecule has 1 aromatic heterocycles. The van der Waals surface area contributed by atoms with Crippen LogP contribution in [-0.4, -0.2) is 45.9 Å². The van der Waals surface area contributed by atoms with Gasteiger partial charge in [0.15, 0.2) is 17.3 Å². The molecule has 0 saturated heterocycles. The summed E-state index contributed by atoms with van der Waals surface area (Å²) >= 11 is 0. The molecule has 2 atom stereocenters. The molecule has 0 fully saturated rings. The molecule has 0 saturated carbocycles. The van der Waals surface area contributed by atoms with Crippen LogP contribution in [0.1, 0.15) is 58.7 Å². The molecule has 2 heterocycles. The fraction of sp³-hybridized carbons (Fsp3) is 0.242. The SMILES string of the molecule is COc1cc2c(cc1OC)[C@@H](c1nnnn1[C@H](C)c1ccccc1)N(C1c3ccccc3-c3ccccc31)CC2. The number of benzene rings is 4. The molecule has 40 heavy (non-hydrogen) atoms. The van der Waals surface area contributed by atoms with Gasteiger partial charge in [0.05, 0.1) is 32.3 Å². The molecule has 7 nitrogen and oxygen atoms in total. The van der Waals surface area contributed by atoms with Gasteiger partial charge in [0.2, 0.25) is 0 Å². The zero-order valence-corrected chi connectivity index (χ0v) is 22.9. The van der Waals surface area contributed by atoms with Crippen molar-refractivity contribution in [2.45, 2.75) is 31.5 Å². The minimum absolute atomic E-state index is 0.0401. The van der Waals surface area contributed by atoms with E-state index in [4.69, 9.17) is 14.6 Å². The van der Waals surface area contributed by atoms with Crippen molar-refractivity contribution in [1.82, 2.24) is 25.1 Å². The van der Waals surface area contributed by atoms with Crippen molar-refractivity contribution in [2.75, 3.05) is 20.8 Å². The largest absolute Gasteiger partial charge is 0.493 e. The van der Waals surface area contributed by atoms with Gasteiger partial charge in [0.1, 0.15) is 0 Å². The van der Waals surface area contributed by atoms with Crippen LogP contribution in [0.3, 0.4) is 0 Å². The Morgan fingerprint density at radius 2 is 1.38 bits per heavy atom. The Bertz CT molecular complexity index is 1640. The van der Waals surface area contributed by atoms with Crippen LogP contribution < -0.4 is 9.47 Å². The van der Waals surface area contributed by atoms with E-state index in [9.17, 15) is 0 Å². The minimum Gasteiger partial charge on any atom is -0.493 e. The Hall–Kier alpha value is -4.49. The smallest absolute Gasteiger partial charge is 0.173 e. The van der Waals surface area contributed by atoms with Crippen molar-refractivity contribution >= 4 is 0 Å². The van der Waals surface area contributed by atoms with E-state index in [2.05, 4.69) is 107 Å². The van der Waals surface area contributed by atoms with Crippen molar-refractivity contribution in [3.63, 3.8) is 0 Å². The molecular weight excluding hydrogens is 498 g/mol. The molecule has 0 spiro atoms. The van der Waals surface area contributed by atoms with E-state index in [0.717, 1.165) is 35.7 Å². The third-order valence-electron chi connectivity index (χ3n) is 8.46. The van der Waals surface area contributed by atoms with E-state index >= 15 is 0 Å². The predicted molar refractivity (Wildman–Crippen MR) is 154 cm³/mol. The third kappa shape index (κ3) is 3.80. The van der Waals surface area contributed by atoms with Crippen LogP contribution in [-0.2, 0) is 6.42 Å². The van der Waals surface area contributed by atoms with Gasteiger partial charge < -0.3 is 9.47 Å². The second kappa shape index (κ2) is 9.92. The van der Waals surface area contributed by atoms with Crippen LogP contribution >= 0.6 is 0 Å². The lowest BCUT2D eigenvalue weighted by Gasteiger charge is -2.41. The first-order valence-corrected chi connectivity index (χ1v) is 13.7. The van der Waals surface area contributed by atoms with Gasteiger partial charge >= 0.3 is 0 Å². The van der Waals surface area contributed by atoms with E-state index in [1.165, 1.54) is 27.8 Å². The summed E-state index contributed by atoms with van der Waals surface area (Å²) in [5.74, 6) is 2.25. The van der Waals surface area contributed by atoms with Gasteiger partial charge in [-0.1, -0.05) is 78.9 Å². The van der Waals surface area contributed by atoms with Gasteiger partial charge in [-0.3, -0.25) is 4.90 Å². The standard InChI is InChI=1S/C33H31N5O2/c1-21(22-11-5-4-6-12-22)38-33(34-35-36-38)32-28-20-30(40-3)29(39-2)19-23(28)17-18-37(32)31-26-15-9-7-13-24(26)25-14-8-10-16-27(25)31/h4-16,19-21,31-32H,17-18H2,1-3H3/t21-,32+/m1/s1. The van der Waals surface area contributed by atoms with E-state index in [1.54, 1.807) is 14.2 Å². The van der Waals surface area contributed by atoms with E-state index < -0.39 is 0 Å². The Morgan fingerprint density at radius 3 is 2.05 bits per heavy atom. The molecule has 2 aliphatic rings. The van der Waals surface area contributed by atoms with Gasteiger partial charge in [0.25, 0.3) is 0 Å². The summed E-state index contributed by atoms with van der Waals surface area (Å²) in [7, 11) is 3.37. The Labute approximate surface area is 234 Å². The predicted octanol–water partition coefficient (Wildman–Crippen LogP) is 6.02. The van der Waals surface area contributed by atoms with E-state index in [1.807, 2.05) is 10.7 Å². The van der Waals surface area contributed by atoms with E-state index in [-0.39, 0.29) is 18.1 Å². The van der Waals surface area contributed by atoms with Crippen molar-refractivity contribution in [3.05, 3.63) is 125 Å². The molecular formula is C33H31N5O2. The maximum absolute atomic E-state index is 5.79. The number of rotatable bonds is 6. The van der Waals surface area contributed by atoms with Crippen molar-refractivity contribution < 1.29 is 9.47 Å². The lowest BCUT2D eigenvalue weighted by atomic mass is 9.88. The quantitative estimate of drug-likeness (QED) is 0.268. The van der Waals surface area contributed by atoms with Gasteiger partial charge in [0, 0.05) is 6.54 Å². The fourth-order valence-electron chi connectivity index (χ4n) is 6.55. The number of nitrogens with zero attached hydrogens (tertiary/aromatic N) is 5. The fourth-order valence-corrected chi connectivity index (χ4v) is 6.55. The lowest BCUT2D eigenvalue weighted by molar-refractivity contribution is 0.160. The molecule has 7 heteroatoms. The number of tetrazole rings is 1. The number of hydrogen-bond acceptors (Lipinski definition) is 6. The molecule has 4 aromatic carbocycles. The monoisotopic (exact) mass is 529 g/mol. The van der Waals surface area contributed by atoms with Gasteiger partial charge in [-0.15, -0.1) is 5.10 Å². The highest BCUT2D eigenvalue weighted by Crippen LogP contribution is 2.51. The molecule has 1 aliphatic carbocycles. The molecule has 0 amide bonds. The number of ether oxygens (including phenoxy) is 2. The minimum atomic E-state index is -0.200. The summed E-state index contributed by atoms with van der Waals surface area (Å²) in [5.41, 5.74) is 8.72. The Balaban J connectivity index is 1.44. The van der Waals surface area contributed by atoms with Crippen molar-refractivity contribution in [1.29, 1.82) is 0 Å². The summed E-state index contributed by atoms with van der Waals surface area (Å²) in [4.78, 5) is 2.57.